The molecule has 2 aliphatic rings. The van der Waals surface area contributed by atoms with Crippen molar-refractivity contribution in [1.82, 2.24) is 9.80 Å². The molecule has 0 spiro atoms. The number of carbonyl (C=O) groups is 2. The summed E-state index contributed by atoms with van der Waals surface area (Å²) in [4.78, 5) is 30.3. The molecule has 6 heteroatoms. The van der Waals surface area contributed by atoms with Crippen molar-refractivity contribution in [1.29, 1.82) is 0 Å². The fourth-order valence-electron chi connectivity index (χ4n) is 6.05. The Morgan fingerprint density at radius 3 is 2.05 bits per heavy atom. The Morgan fingerprint density at radius 2 is 1.46 bits per heavy atom. The summed E-state index contributed by atoms with van der Waals surface area (Å²) < 4.78 is 5.53. The molecule has 1 atom stereocenters. The van der Waals surface area contributed by atoms with Gasteiger partial charge in [-0.05, 0) is 74.1 Å². The van der Waals surface area contributed by atoms with E-state index in [1.807, 2.05) is 49.9 Å². The lowest BCUT2D eigenvalue weighted by molar-refractivity contribution is -0.144. The average molecular weight is 509 g/mol. The van der Waals surface area contributed by atoms with E-state index in [1.54, 1.807) is 4.90 Å². The van der Waals surface area contributed by atoms with Crippen molar-refractivity contribution < 1.29 is 19.4 Å². The van der Waals surface area contributed by atoms with Crippen LogP contribution in [0.15, 0.2) is 42.5 Å². The van der Waals surface area contributed by atoms with Gasteiger partial charge < -0.3 is 19.6 Å². The van der Waals surface area contributed by atoms with Crippen LogP contribution < -0.4 is 0 Å². The fourth-order valence-corrected chi connectivity index (χ4v) is 6.05. The van der Waals surface area contributed by atoms with Gasteiger partial charge in [-0.3, -0.25) is 4.79 Å². The Labute approximate surface area is 222 Å². The van der Waals surface area contributed by atoms with Crippen molar-refractivity contribution in [3.8, 4) is 0 Å². The number of rotatable bonds is 3. The Balaban J connectivity index is 1.61. The molecule has 1 N–H and O–H groups in total. The molecule has 1 saturated carbocycles. The first-order valence-electron chi connectivity index (χ1n) is 13.8. The molecule has 0 aromatic heterocycles. The van der Waals surface area contributed by atoms with Gasteiger partial charge in [0.25, 0.3) is 0 Å². The van der Waals surface area contributed by atoms with Crippen LogP contribution in [-0.2, 0) is 9.53 Å². The minimum atomic E-state index is -1.11. The number of benzene rings is 2. The van der Waals surface area contributed by atoms with Crippen molar-refractivity contribution in [3.63, 3.8) is 0 Å². The average Bonchev–Trinajstić information content (AvgIpc) is 2.83. The van der Waals surface area contributed by atoms with Crippen LogP contribution in [0.25, 0.3) is 10.8 Å². The molecule has 2 fully saturated rings. The lowest BCUT2D eigenvalue weighted by Gasteiger charge is -2.46. The Morgan fingerprint density at radius 1 is 0.892 bits per heavy atom. The van der Waals surface area contributed by atoms with E-state index < -0.39 is 17.1 Å². The zero-order valence-electron chi connectivity index (χ0n) is 23.4. The van der Waals surface area contributed by atoms with E-state index in [0.717, 1.165) is 29.2 Å². The van der Waals surface area contributed by atoms with Crippen LogP contribution in [0.3, 0.4) is 0 Å². The highest BCUT2D eigenvalue weighted by Crippen LogP contribution is 2.48. The number of hydrogen-bond acceptors (Lipinski definition) is 4. The summed E-state index contributed by atoms with van der Waals surface area (Å²) in [6.45, 7) is 14.1. The second-order valence-electron chi connectivity index (χ2n) is 13.0. The molecule has 4 rings (SSSR count). The van der Waals surface area contributed by atoms with Crippen molar-refractivity contribution >= 4 is 22.8 Å². The molecule has 6 nitrogen and oxygen atoms in total. The predicted molar refractivity (Wildman–Crippen MR) is 147 cm³/mol. The van der Waals surface area contributed by atoms with Crippen molar-refractivity contribution in [2.24, 2.45) is 11.3 Å². The van der Waals surface area contributed by atoms with Gasteiger partial charge in [-0.1, -0.05) is 63.2 Å². The highest BCUT2D eigenvalue weighted by atomic mass is 16.6. The lowest BCUT2D eigenvalue weighted by Crippen LogP contribution is -2.55. The number of nitrogens with zero attached hydrogens (tertiary/aromatic N) is 2. The van der Waals surface area contributed by atoms with Gasteiger partial charge in [0.2, 0.25) is 5.91 Å². The van der Waals surface area contributed by atoms with E-state index in [2.05, 4.69) is 39.0 Å². The first kappa shape index (κ1) is 27.4. The maximum atomic E-state index is 14.3. The maximum absolute atomic E-state index is 14.3. The van der Waals surface area contributed by atoms with Gasteiger partial charge in [-0.25, -0.2) is 4.79 Å². The minimum absolute atomic E-state index is 0.0445. The summed E-state index contributed by atoms with van der Waals surface area (Å²) in [5.41, 5.74) is -0.586. The number of fused-ring (bicyclic) bond motifs is 1. The number of hydrogen-bond donors (Lipinski definition) is 1. The molecule has 37 heavy (non-hydrogen) atoms. The number of ether oxygens (including phenoxy) is 1. The van der Waals surface area contributed by atoms with E-state index in [0.29, 0.717) is 44.9 Å². The summed E-state index contributed by atoms with van der Waals surface area (Å²) >= 11 is 0. The first-order chi connectivity index (χ1) is 17.3. The predicted octanol–water partition coefficient (Wildman–Crippen LogP) is 5.97. The van der Waals surface area contributed by atoms with Crippen LogP contribution >= 0.6 is 0 Å². The molecule has 0 bridgehead atoms. The summed E-state index contributed by atoms with van der Waals surface area (Å²) in [5.74, 6) is -0.169. The van der Waals surface area contributed by atoms with Gasteiger partial charge in [-0.2, -0.15) is 0 Å². The molecular weight excluding hydrogens is 464 g/mol. The van der Waals surface area contributed by atoms with Crippen molar-refractivity contribution in [2.45, 2.75) is 84.3 Å². The third-order valence-corrected chi connectivity index (χ3v) is 8.24. The normalized spacial score (nSPS) is 24.1. The van der Waals surface area contributed by atoms with Crippen LogP contribution in [0.1, 0.15) is 78.7 Å². The number of amides is 2. The van der Waals surface area contributed by atoms with Crippen LogP contribution in [0.5, 0.6) is 0 Å². The highest BCUT2D eigenvalue weighted by molar-refractivity contribution is 5.94. The molecule has 1 unspecified atom stereocenters. The van der Waals surface area contributed by atoms with E-state index >= 15 is 0 Å². The highest BCUT2D eigenvalue weighted by Gasteiger charge is 2.48. The topological polar surface area (TPSA) is 70.1 Å². The maximum Gasteiger partial charge on any atom is 0.410 e. The second kappa shape index (κ2) is 10.3. The van der Waals surface area contributed by atoms with Gasteiger partial charge in [0.1, 0.15) is 5.60 Å². The van der Waals surface area contributed by atoms with E-state index in [1.165, 1.54) is 0 Å². The van der Waals surface area contributed by atoms with E-state index in [9.17, 15) is 14.7 Å². The lowest BCUT2D eigenvalue weighted by atomic mass is 9.64. The molecule has 1 aliphatic carbocycles. The molecular formula is C31H44N2O4. The summed E-state index contributed by atoms with van der Waals surface area (Å²) in [6, 6.07) is 14.2. The zero-order valence-corrected chi connectivity index (χ0v) is 23.4. The van der Waals surface area contributed by atoms with Crippen molar-refractivity contribution in [3.05, 3.63) is 48.0 Å². The molecule has 0 radical (unpaired) electrons. The third kappa shape index (κ3) is 6.11. The van der Waals surface area contributed by atoms with E-state index in [-0.39, 0.29) is 17.4 Å². The van der Waals surface area contributed by atoms with Crippen LogP contribution in [0.2, 0.25) is 0 Å². The van der Waals surface area contributed by atoms with Crippen LogP contribution in [-0.4, -0.2) is 64.3 Å². The molecule has 1 aliphatic heterocycles. The van der Waals surface area contributed by atoms with Gasteiger partial charge >= 0.3 is 6.09 Å². The summed E-state index contributed by atoms with van der Waals surface area (Å²) in [5, 5.41) is 14.2. The Hall–Kier alpha value is -2.60. The summed E-state index contributed by atoms with van der Waals surface area (Å²) in [6.07, 6.45) is 2.67. The van der Waals surface area contributed by atoms with Gasteiger partial charge in [0, 0.05) is 26.2 Å². The third-order valence-electron chi connectivity index (χ3n) is 8.24. The van der Waals surface area contributed by atoms with E-state index in [4.69, 9.17) is 4.74 Å². The largest absolute Gasteiger partial charge is 0.444 e. The number of carbonyl (C=O) groups excluding carboxylic acids is 2. The molecule has 2 aromatic carbocycles. The zero-order chi connectivity index (χ0) is 27.0. The monoisotopic (exact) mass is 508 g/mol. The van der Waals surface area contributed by atoms with Gasteiger partial charge in [0.05, 0.1) is 11.5 Å². The smallest absolute Gasteiger partial charge is 0.410 e. The van der Waals surface area contributed by atoms with Crippen LogP contribution in [0.4, 0.5) is 4.79 Å². The SMILES string of the molecule is CC(C)(C)OC(=O)N1CCN(C(=O)C(c2cccc3ccccc23)C2(O)CCC(C(C)(C)C)CC2)CC1. The Kier molecular flexibility index (Phi) is 7.62. The molecule has 1 saturated heterocycles. The second-order valence-corrected chi connectivity index (χ2v) is 13.0. The quantitative estimate of drug-likeness (QED) is 0.555. The van der Waals surface area contributed by atoms with Gasteiger partial charge in [0.15, 0.2) is 0 Å². The van der Waals surface area contributed by atoms with Crippen molar-refractivity contribution in [2.75, 3.05) is 26.2 Å². The van der Waals surface area contributed by atoms with Gasteiger partial charge in [-0.15, -0.1) is 0 Å². The Bertz CT molecular complexity index is 1110. The fraction of sp³-hybridized carbons (Fsp3) is 0.613. The van der Waals surface area contributed by atoms with Crippen LogP contribution in [0, 0.1) is 11.3 Å². The molecule has 1 heterocycles. The summed E-state index contributed by atoms with van der Waals surface area (Å²) in [7, 11) is 0. The molecule has 2 amide bonds. The number of aliphatic hydroxyl groups is 1. The standard InChI is InChI=1S/C31H44N2O4/c1-29(2,3)23-14-16-31(36,17-15-23)26(25-13-9-11-22-10-7-8-12-24(22)25)27(34)32-18-20-33(21-19-32)28(35)37-30(4,5)6/h7-13,23,26,36H,14-21H2,1-6H3. The minimum Gasteiger partial charge on any atom is -0.444 e. The molecule has 2 aromatic rings. The number of piperazine rings is 1. The molecule has 202 valence electrons. The first-order valence-corrected chi connectivity index (χ1v) is 13.8.